The number of nitrogens with two attached hydrogens (primary N) is 1. The van der Waals surface area contributed by atoms with Crippen LogP contribution in [0.25, 0.3) is 0 Å². The first kappa shape index (κ1) is 12.9. The molecule has 2 N–H and O–H groups in total. The van der Waals surface area contributed by atoms with E-state index in [-0.39, 0.29) is 0 Å². The van der Waals surface area contributed by atoms with Crippen LogP contribution in [0.1, 0.15) is 11.6 Å². The Morgan fingerprint density at radius 3 is 2.25 bits per heavy atom. The molecule has 0 aliphatic heterocycles. The second kappa shape index (κ2) is 5.79. The zero-order valence-electron chi connectivity index (χ0n) is 9.57. The monoisotopic (exact) mass is 229 g/mol. The summed E-state index contributed by atoms with van der Waals surface area (Å²) in [6.45, 7) is 0. The van der Waals surface area contributed by atoms with E-state index in [1.165, 1.54) is 27.4 Å². The smallest absolute Gasteiger partial charge is 0.176 e. The van der Waals surface area contributed by atoms with E-state index in [9.17, 15) is 4.39 Å². The summed E-state index contributed by atoms with van der Waals surface area (Å²) < 4.78 is 28.5. The molecule has 0 bridgehead atoms. The summed E-state index contributed by atoms with van der Waals surface area (Å²) in [7, 11) is 4.38. The number of hydrogen-bond acceptors (Lipinski definition) is 4. The number of benzene rings is 1. The summed E-state index contributed by atoms with van der Waals surface area (Å²) in [5.74, 6) is 0.00536. The normalized spacial score (nSPS) is 12.9. The summed E-state index contributed by atoms with van der Waals surface area (Å²) in [5, 5.41) is 0. The van der Waals surface area contributed by atoms with Gasteiger partial charge in [0.15, 0.2) is 6.29 Å². The topological polar surface area (TPSA) is 53.7 Å². The number of hydrogen-bond donors (Lipinski definition) is 1. The maximum atomic E-state index is 13.6. The van der Waals surface area contributed by atoms with Gasteiger partial charge in [0.05, 0.1) is 13.2 Å². The van der Waals surface area contributed by atoms with Crippen molar-refractivity contribution in [2.75, 3.05) is 21.3 Å². The molecule has 0 aliphatic carbocycles. The highest BCUT2D eigenvalue weighted by atomic mass is 19.1. The van der Waals surface area contributed by atoms with Crippen molar-refractivity contribution in [1.29, 1.82) is 0 Å². The zero-order chi connectivity index (χ0) is 12.1. The molecule has 90 valence electrons. The van der Waals surface area contributed by atoms with E-state index in [1.54, 1.807) is 12.1 Å². The Labute approximate surface area is 94.1 Å². The average molecular weight is 229 g/mol. The third-order valence-corrected chi connectivity index (χ3v) is 2.32. The molecule has 1 aromatic carbocycles. The van der Waals surface area contributed by atoms with Gasteiger partial charge in [0, 0.05) is 25.8 Å². The minimum Gasteiger partial charge on any atom is -0.497 e. The first-order valence-corrected chi connectivity index (χ1v) is 4.78. The largest absolute Gasteiger partial charge is 0.497 e. The Bertz CT molecular complexity index is 342. The van der Waals surface area contributed by atoms with Crippen LogP contribution in [0, 0.1) is 5.82 Å². The third-order valence-electron chi connectivity index (χ3n) is 2.32. The number of halogens is 1. The molecule has 0 radical (unpaired) electrons. The van der Waals surface area contributed by atoms with Gasteiger partial charge >= 0.3 is 0 Å². The molecule has 0 saturated heterocycles. The van der Waals surface area contributed by atoms with Crippen molar-refractivity contribution < 1.29 is 18.6 Å². The van der Waals surface area contributed by atoms with Crippen LogP contribution in [0.15, 0.2) is 18.2 Å². The van der Waals surface area contributed by atoms with Crippen LogP contribution >= 0.6 is 0 Å². The quantitative estimate of drug-likeness (QED) is 0.776. The molecule has 0 aliphatic rings. The highest BCUT2D eigenvalue weighted by molar-refractivity contribution is 5.30. The van der Waals surface area contributed by atoms with Crippen LogP contribution in [0.4, 0.5) is 4.39 Å². The van der Waals surface area contributed by atoms with E-state index in [4.69, 9.17) is 19.9 Å². The van der Waals surface area contributed by atoms with Crippen LogP contribution in [0.5, 0.6) is 5.75 Å². The Balaban J connectivity index is 2.95. The van der Waals surface area contributed by atoms with E-state index in [1.807, 2.05) is 0 Å². The van der Waals surface area contributed by atoms with Gasteiger partial charge in [-0.1, -0.05) is 6.07 Å². The van der Waals surface area contributed by atoms with Crippen molar-refractivity contribution in [2.45, 2.75) is 12.3 Å². The predicted octanol–water partition coefficient (Wildman–Crippen LogP) is 1.45. The van der Waals surface area contributed by atoms with E-state index in [2.05, 4.69) is 0 Å². The Morgan fingerprint density at radius 2 is 1.81 bits per heavy atom. The van der Waals surface area contributed by atoms with Crippen molar-refractivity contribution in [1.82, 2.24) is 0 Å². The molecular weight excluding hydrogens is 213 g/mol. The highest BCUT2D eigenvalue weighted by Gasteiger charge is 2.21. The van der Waals surface area contributed by atoms with Gasteiger partial charge in [-0.15, -0.1) is 0 Å². The van der Waals surface area contributed by atoms with Crippen molar-refractivity contribution in [3.63, 3.8) is 0 Å². The molecule has 0 aromatic heterocycles. The number of ether oxygens (including phenoxy) is 3. The fourth-order valence-corrected chi connectivity index (χ4v) is 1.44. The lowest BCUT2D eigenvalue weighted by Crippen LogP contribution is -2.30. The molecule has 0 spiro atoms. The van der Waals surface area contributed by atoms with Crippen molar-refractivity contribution in [3.05, 3.63) is 29.6 Å². The van der Waals surface area contributed by atoms with E-state index < -0.39 is 18.1 Å². The fraction of sp³-hybridized carbons (Fsp3) is 0.455. The van der Waals surface area contributed by atoms with E-state index >= 15 is 0 Å². The molecule has 16 heavy (non-hydrogen) atoms. The fourth-order valence-electron chi connectivity index (χ4n) is 1.44. The minimum atomic E-state index is -0.680. The Kier molecular flexibility index (Phi) is 4.67. The SMILES string of the molecule is COc1ccc(C(N)C(OC)OC)c(F)c1. The van der Waals surface area contributed by atoms with Gasteiger partial charge in [-0.3, -0.25) is 0 Å². The Hall–Kier alpha value is -1.17. The maximum absolute atomic E-state index is 13.6. The molecule has 0 heterocycles. The summed E-state index contributed by atoms with van der Waals surface area (Å²) in [5.41, 5.74) is 6.15. The van der Waals surface area contributed by atoms with Crippen LogP contribution in [0.3, 0.4) is 0 Å². The van der Waals surface area contributed by atoms with Gasteiger partial charge < -0.3 is 19.9 Å². The molecule has 0 saturated carbocycles. The van der Waals surface area contributed by atoms with Gasteiger partial charge in [-0.2, -0.15) is 0 Å². The second-order valence-electron chi connectivity index (χ2n) is 3.25. The van der Waals surface area contributed by atoms with Crippen LogP contribution in [-0.4, -0.2) is 27.6 Å². The van der Waals surface area contributed by atoms with Crippen LogP contribution in [0.2, 0.25) is 0 Å². The van der Waals surface area contributed by atoms with E-state index in [0.29, 0.717) is 11.3 Å². The van der Waals surface area contributed by atoms with E-state index in [0.717, 1.165) is 0 Å². The molecule has 1 aromatic rings. The number of rotatable bonds is 5. The van der Waals surface area contributed by atoms with Gasteiger partial charge in [0.2, 0.25) is 0 Å². The summed E-state index contributed by atoms with van der Waals surface area (Å²) in [6, 6.07) is 3.79. The van der Waals surface area contributed by atoms with Crippen molar-refractivity contribution >= 4 is 0 Å². The standard InChI is InChI=1S/C11H16FNO3/c1-14-7-4-5-8(9(12)6-7)10(13)11(15-2)16-3/h4-6,10-11H,13H2,1-3H3. The van der Waals surface area contributed by atoms with Crippen molar-refractivity contribution in [2.24, 2.45) is 5.73 Å². The van der Waals surface area contributed by atoms with Gasteiger partial charge in [-0.05, 0) is 6.07 Å². The minimum absolute atomic E-state index is 0.328. The average Bonchev–Trinajstić information content (AvgIpc) is 2.30. The summed E-state index contributed by atoms with van der Waals surface area (Å²) in [6.07, 6.45) is -0.678. The predicted molar refractivity (Wildman–Crippen MR) is 57.7 cm³/mol. The first-order valence-electron chi connectivity index (χ1n) is 4.78. The Morgan fingerprint density at radius 1 is 1.19 bits per heavy atom. The third kappa shape index (κ3) is 2.69. The van der Waals surface area contributed by atoms with Crippen LogP contribution in [-0.2, 0) is 9.47 Å². The highest BCUT2D eigenvalue weighted by Crippen LogP contribution is 2.23. The molecule has 1 rings (SSSR count). The second-order valence-corrected chi connectivity index (χ2v) is 3.25. The molecular formula is C11H16FNO3. The first-order chi connectivity index (χ1) is 7.63. The molecule has 1 atom stereocenters. The zero-order valence-corrected chi connectivity index (χ0v) is 9.57. The van der Waals surface area contributed by atoms with Crippen LogP contribution < -0.4 is 10.5 Å². The molecule has 0 amide bonds. The summed E-state index contributed by atoms with van der Waals surface area (Å²) >= 11 is 0. The van der Waals surface area contributed by atoms with Gasteiger partial charge in [0.1, 0.15) is 11.6 Å². The summed E-state index contributed by atoms with van der Waals surface area (Å²) in [4.78, 5) is 0. The molecule has 0 fully saturated rings. The number of methoxy groups -OCH3 is 3. The lowest BCUT2D eigenvalue weighted by atomic mass is 10.1. The maximum Gasteiger partial charge on any atom is 0.176 e. The lowest BCUT2D eigenvalue weighted by Gasteiger charge is -2.21. The molecule has 4 nitrogen and oxygen atoms in total. The van der Waals surface area contributed by atoms with Crippen molar-refractivity contribution in [3.8, 4) is 5.75 Å². The molecule has 1 unspecified atom stereocenters. The van der Waals surface area contributed by atoms with Gasteiger partial charge in [-0.25, -0.2) is 4.39 Å². The lowest BCUT2D eigenvalue weighted by molar-refractivity contribution is -0.117. The molecule has 5 heteroatoms. The van der Waals surface area contributed by atoms with Gasteiger partial charge in [0.25, 0.3) is 0 Å².